The van der Waals surface area contributed by atoms with Crippen LogP contribution in [-0.4, -0.2) is 63.2 Å². The lowest BCUT2D eigenvalue weighted by Crippen LogP contribution is -2.65. The van der Waals surface area contributed by atoms with E-state index in [-0.39, 0.29) is 40.8 Å². The number of nitrogen functional groups attached to an aromatic ring is 1. The van der Waals surface area contributed by atoms with Crippen LogP contribution >= 0.6 is 11.8 Å². The number of piperazine rings is 1. The summed E-state index contributed by atoms with van der Waals surface area (Å²) in [6, 6.07) is 4.03. The Morgan fingerprint density at radius 1 is 1.26 bits per heavy atom. The Balaban J connectivity index is 1.73. The molecular weight excluding hydrogens is 368 g/mol. The zero-order chi connectivity index (χ0) is 19.6. The molecule has 2 N–H and O–H groups in total. The van der Waals surface area contributed by atoms with E-state index in [4.69, 9.17) is 5.73 Å². The van der Waals surface area contributed by atoms with Crippen molar-refractivity contribution >= 4 is 35.0 Å². The van der Waals surface area contributed by atoms with Crippen molar-refractivity contribution in [3.63, 3.8) is 0 Å². The van der Waals surface area contributed by atoms with Gasteiger partial charge in [-0.1, -0.05) is 6.92 Å². The number of fused-ring (bicyclic) bond motifs is 3. The fourth-order valence-electron chi connectivity index (χ4n) is 3.80. The Morgan fingerprint density at radius 2 is 1.93 bits per heavy atom. The van der Waals surface area contributed by atoms with Gasteiger partial charge in [-0.25, -0.2) is 0 Å². The molecule has 0 aromatic heterocycles. The van der Waals surface area contributed by atoms with Gasteiger partial charge in [0.1, 0.15) is 5.56 Å². The highest BCUT2D eigenvalue weighted by atomic mass is 32.2. The minimum atomic E-state index is -0.577. The van der Waals surface area contributed by atoms with Gasteiger partial charge < -0.3 is 15.5 Å². The number of rotatable bonds is 6. The average molecular weight is 392 g/mol. The highest BCUT2D eigenvalue weighted by Crippen LogP contribution is 2.32. The minimum Gasteiger partial charge on any atom is -0.399 e. The van der Waals surface area contributed by atoms with Gasteiger partial charge in [0, 0.05) is 36.9 Å². The molecule has 3 aliphatic rings. The van der Waals surface area contributed by atoms with Crippen LogP contribution in [0.1, 0.15) is 36.5 Å². The van der Waals surface area contributed by atoms with Gasteiger partial charge >= 0.3 is 0 Å². The number of nitrogens with zero attached hydrogens (tertiary/aromatic N) is 3. The van der Waals surface area contributed by atoms with Crippen LogP contribution in [0.2, 0.25) is 0 Å². The van der Waals surface area contributed by atoms with Crippen LogP contribution in [0.3, 0.4) is 0 Å². The average Bonchev–Trinajstić information content (AvgIpc) is 2.67. The molecular formula is C18H24N4O4S. The van der Waals surface area contributed by atoms with Crippen LogP contribution in [0.25, 0.3) is 0 Å². The number of carbonyl (C=O) groups is 2. The third kappa shape index (κ3) is 4.02. The standard InChI is InChI=1S/C18H24N4O4S/c1-2-7-27-11-17(23)20-9-14-5-4-13(20)10-21(14)18(24)15-6-3-12(19)8-16(15)22(25)26/h3,6,8,13-14H,2,4-5,7,9-11,19H2,1H3. The molecule has 3 heterocycles. The Kier molecular flexibility index (Phi) is 5.88. The van der Waals surface area contributed by atoms with E-state index in [1.165, 1.54) is 18.2 Å². The van der Waals surface area contributed by atoms with Crippen molar-refractivity contribution in [2.45, 2.75) is 38.3 Å². The molecule has 0 saturated carbocycles. The summed E-state index contributed by atoms with van der Waals surface area (Å²) in [4.78, 5) is 39.8. The second-order valence-corrected chi connectivity index (χ2v) is 8.08. The summed E-state index contributed by atoms with van der Waals surface area (Å²) in [7, 11) is 0. The topological polar surface area (TPSA) is 110 Å². The van der Waals surface area contributed by atoms with E-state index < -0.39 is 4.92 Å². The molecule has 0 aliphatic carbocycles. The number of anilines is 1. The Labute approximate surface area is 162 Å². The number of nitro groups is 1. The molecule has 146 valence electrons. The van der Waals surface area contributed by atoms with E-state index >= 15 is 0 Å². The van der Waals surface area contributed by atoms with Crippen molar-refractivity contribution in [1.29, 1.82) is 0 Å². The van der Waals surface area contributed by atoms with Crippen LogP contribution in [-0.2, 0) is 4.79 Å². The molecule has 2 unspecified atom stereocenters. The number of hydrogen-bond donors (Lipinski definition) is 1. The molecule has 4 rings (SSSR count). The van der Waals surface area contributed by atoms with Crippen molar-refractivity contribution in [2.24, 2.45) is 0 Å². The zero-order valence-corrected chi connectivity index (χ0v) is 16.1. The lowest BCUT2D eigenvalue weighted by atomic mass is 9.90. The number of carbonyl (C=O) groups excluding carboxylic acids is 2. The van der Waals surface area contributed by atoms with E-state index in [1.54, 1.807) is 16.7 Å². The molecule has 9 heteroatoms. The summed E-state index contributed by atoms with van der Waals surface area (Å²) >= 11 is 1.63. The first-order valence-electron chi connectivity index (χ1n) is 9.14. The normalized spacial score (nSPS) is 21.4. The SMILES string of the molecule is CCCSCC(=O)N1CC2CCC1CN2C(=O)c1ccc(N)cc1[N+](=O)[O-]. The Bertz CT molecular complexity index is 757. The van der Waals surface area contributed by atoms with Crippen molar-refractivity contribution in [3.8, 4) is 0 Å². The summed E-state index contributed by atoms with van der Waals surface area (Å²) in [5, 5.41) is 11.3. The fraction of sp³-hybridized carbons (Fsp3) is 0.556. The molecule has 0 spiro atoms. The van der Waals surface area contributed by atoms with E-state index in [9.17, 15) is 19.7 Å². The van der Waals surface area contributed by atoms with Gasteiger partial charge in [-0.15, -0.1) is 0 Å². The molecule has 3 saturated heterocycles. The summed E-state index contributed by atoms with van der Waals surface area (Å²) in [6.45, 7) is 3.01. The summed E-state index contributed by atoms with van der Waals surface area (Å²) in [6.07, 6.45) is 2.71. The smallest absolute Gasteiger partial charge is 0.284 e. The first-order valence-corrected chi connectivity index (χ1v) is 10.3. The van der Waals surface area contributed by atoms with Gasteiger partial charge in [0.25, 0.3) is 11.6 Å². The molecule has 27 heavy (non-hydrogen) atoms. The monoisotopic (exact) mass is 392 g/mol. The predicted octanol–water partition coefficient (Wildman–Crippen LogP) is 2.14. The molecule has 3 aliphatic heterocycles. The van der Waals surface area contributed by atoms with Crippen molar-refractivity contribution in [2.75, 3.05) is 30.3 Å². The van der Waals surface area contributed by atoms with Crippen molar-refractivity contribution in [3.05, 3.63) is 33.9 Å². The second kappa shape index (κ2) is 8.16. The van der Waals surface area contributed by atoms with Crippen LogP contribution in [0.5, 0.6) is 0 Å². The molecule has 3 fully saturated rings. The molecule has 2 amide bonds. The van der Waals surface area contributed by atoms with Gasteiger partial charge in [-0.2, -0.15) is 11.8 Å². The van der Waals surface area contributed by atoms with Crippen molar-refractivity contribution < 1.29 is 14.5 Å². The summed E-state index contributed by atoms with van der Waals surface area (Å²) in [5.74, 6) is 1.19. The highest BCUT2D eigenvalue weighted by molar-refractivity contribution is 7.99. The first kappa shape index (κ1) is 19.5. The lowest BCUT2D eigenvalue weighted by Gasteiger charge is -2.51. The van der Waals surface area contributed by atoms with Gasteiger partial charge in [-0.05, 0) is 37.1 Å². The maximum atomic E-state index is 13.0. The highest BCUT2D eigenvalue weighted by Gasteiger charge is 2.43. The number of nitro benzene ring substituents is 1. The third-order valence-corrected chi connectivity index (χ3v) is 6.28. The number of nitrogens with two attached hydrogens (primary N) is 1. The Hall–Kier alpha value is -2.29. The summed E-state index contributed by atoms with van der Waals surface area (Å²) in [5.41, 5.74) is 5.66. The van der Waals surface area contributed by atoms with Gasteiger partial charge in [0.2, 0.25) is 5.91 Å². The van der Waals surface area contributed by atoms with E-state index in [0.717, 1.165) is 25.0 Å². The van der Waals surface area contributed by atoms with E-state index in [1.807, 2.05) is 4.90 Å². The fourth-order valence-corrected chi connectivity index (χ4v) is 4.58. The molecule has 2 atom stereocenters. The van der Waals surface area contributed by atoms with Crippen LogP contribution in [0.4, 0.5) is 11.4 Å². The third-order valence-electron chi connectivity index (χ3n) is 5.13. The number of hydrogen-bond acceptors (Lipinski definition) is 6. The maximum Gasteiger partial charge on any atom is 0.284 e. The van der Waals surface area contributed by atoms with Gasteiger partial charge in [0.05, 0.1) is 10.7 Å². The first-order chi connectivity index (χ1) is 12.9. The minimum absolute atomic E-state index is 0.0125. The number of benzene rings is 1. The quantitative estimate of drug-likeness (QED) is 0.344. The molecule has 2 bridgehead atoms. The molecule has 1 aromatic rings. The largest absolute Gasteiger partial charge is 0.399 e. The zero-order valence-electron chi connectivity index (χ0n) is 15.3. The lowest BCUT2D eigenvalue weighted by molar-refractivity contribution is -0.385. The van der Waals surface area contributed by atoms with Gasteiger partial charge in [-0.3, -0.25) is 19.7 Å². The molecule has 0 radical (unpaired) electrons. The van der Waals surface area contributed by atoms with Crippen LogP contribution in [0.15, 0.2) is 18.2 Å². The Morgan fingerprint density at radius 3 is 2.52 bits per heavy atom. The summed E-state index contributed by atoms with van der Waals surface area (Å²) < 4.78 is 0. The van der Waals surface area contributed by atoms with E-state index in [2.05, 4.69) is 6.92 Å². The second-order valence-electron chi connectivity index (χ2n) is 6.97. The molecule has 8 nitrogen and oxygen atoms in total. The van der Waals surface area contributed by atoms with Crippen LogP contribution in [0, 0.1) is 10.1 Å². The van der Waals surface area contributed by atoms with E-state index in [0.29, 0.717) is 18.8 Å². The van der Waals surface area contributed by atoms with Crippen molar-refractivity contribution in [1.82, 2.24) is 9.80 Å². The van der Waals surface area contributed by atoms with Gasteiger partial charge in [0.15, 0.2) is 0 Å². The number of piperidine rings is 2. The van der Waals surface area contributed by atoms with Crippen LogP contribution < -0.4 is 5.73 Å². The number of thioether (sulfide) groups is 1. The molecule has 1 aromatic carbocycles. The predicted molar refractivity (Wildman–Crippen MR) is 105 cm³/mol. The maximum absolute atomic E-state index is 13.0. The number of amides is 2.